The largest absolute Gasteiger partial charge is 0.494 e. The zero-order valence-corrected chi connectivity index (χ0v) is 19.9. The quantitative estimate of drug-likeness (QED) is 0.461. The second kappa shape index (κ2) is 8.52. The van der Waals surface area contributed by atoms with Crippen molar-refractivity contribution >= 4 is 49.9 Å². The summed E-state index contributed by atoms with van der Waals surface area (Å²) >= 11 is 1.67. The number of carbonyl (C=O) groups is 1. The summed E-state index contributed by atoms with van der Waals surface area (Å²) in [6, 6.07) is 4.06. The number of ether oxygens (including phenoxy) is 2. The van der Waals surface area contributed by atoms with Gasteiger partial charge in [0, 0.05) is 28.8 Å². The highest BCUT2D eigenvalue weighted by molar-refractivity contribution is 7.19. The molecule has 0 saturated carbocycles. The molecule has 9 nitrogen and oxygen atoms in total. The van der Waals surface area contributed by atoms with Crippen LogP contribution >= 0.6 is 11.3 Å². The van der Waals surface area contributed by atoms with Gasteiger partial charge in [0.15, 0.2) is 0 Å². The number of rotatable bonds is 4. The lowest BCUT2D eigenvalue weighted by molar-refractivity contribution is -0.143. The van der Waals surface area contributed by atoms with E-state index in [2.05, 4.69) is 32.4 Å². The van der Waals surface area contributed by atoms with Crippen molar-refractivity contribution in [2.45, 2.75) is 32.2 Å². The Hall–Kier alpha value is -3.24. The van der Waals surface area contributed by atoms with Crippen molar-refractivity contribution in [3.8, 4) is 5.75 Å². The average Bonchev–Trinajstić information content (AvgIpc) is 3.47. The molecule has 1 aromatic carbocycles. The summed E-state index contributed by atoms with van der Waals surface area (Å²) in [4.78, 5) is 26.6. The molecule has 6 rings (SSSR count). The Bertz CT molecular complexity index is 1380. The van der Waals surface area contributed by atoms with Gasteiger partial charge in [-0.05, 0) is 37.8 Å². The van der Waals surface area contributed by atoms with E-state index in [1.165, 1.54) is 10.4 Å². The Morgan fingerprint density at radius 1 is 1.35 bits per heavy atom. The zero-order valence-electron chi connectivity index (χ0n) is 19.1. The molecule has 0 spiro atoms. The second-order valence-corrected chi connectivity index (χ2v) is 10.0. The summed E-state index contributed by atoms with van der Waals surface area (Å²) in [6.45, 7) is 3.98. The normalized spacial score (nSPS) is 20.5. The first-order valence-electron chi connectivity index (χ1n) is 11.5. The van der Waals surface area contributed by atoms with Crippen LogP contribution in [0.3, 0.4) is 0 Å². The summed E-state index contributed by atoms with van der Waals surface area (Å²) in [5, 5.41) is 12.6. The van der Waals surface area contributed by atoms with Crippen LogP contribution in [0.4, 0.5) is 11.5 Å². The molecule has 176 valence electrons. The highest BCUT2D eigenvalue weighted by atomic mass is 32.1. The Balaban J connectivity index is 1.32. The lowest BCUT2D eigenvalue weighted by atomic mass is 9.86. The molecule has 2 aliphatic rings. The van der Waals surface area contributed by atoms with Crippen LogP contribution in [0.5, 0.6) is 5.75 Å². The summed E-state index contributed by atoms with van der Waals surface area (Å²) < 4.78 is 11.1. The number of anilines is 2. The van der Waals surface area contributed by atoms with E-state index in [4.69, 9.17) is 9.47 Å². The van der Waals surface area contributed by atoms with Crippen LogP contribution in [0, 0.1) is 5.92 Å². The summed E-state index contributed by atoms with van der Waals surface area (Å²) in [7, 11) is 1.65. The maximum Gasteiger partial charge on any atom is 0.226 e. The predicted octanol–water partition coefficient (Wildman–Crippen LogP) is 3.67. The number of amides is 1. The maximum absolute atomic E-state index is 13.3. The SMILES string of the molecule is COc1cc2[nH]ncc2cc1Nc1ncnc2sc3c(c12)CC[C@H](C(=O)N1CCOC[C@H]1C)C3. The molecular formula is C24H26N6O3S. The van der Waals surface area contributed by atoms with Gasteiger partial charge < -0.3 is 19.7 Å². The third-order valence-electron chi connectivity index (χ3n) is 6.86. The van der Waals surface area contributed by atoms with Gasteiger partial charge in [0.1, 0.15) is 22.7 Å². The van der Waals surface area contributed by atoms with Crippen LogP contribution in [-0.4, -0.2) is 63.9 Å². The topological polar surface area (TPSA) is 105 Å². The van der Waals surface area contributed by atoms with Crippen LogP contribution in [0.25, 0.3) is 21.1 Å². The summed E-state index contributed by atoms with van der Waals surface area (Å²) in [5.74, 6) is 1.73. The number of hydrogen-bond donors (Lipinski definition) is 2. The third-order valence-corrected chi connectivity index (χ3v) is 8.02. The number of aryl methyl sites for hydroxylation is 1. The van der Waals surface area contributed by atoms with Crippen molar-refractivity contribution in [1.82, 2.24) is 25.1 Å². The number of methoxy groups -OCH3 is 1. The molecule has 1 fully saturated rings. The molecule has 34 heavy (non-hydrogen) atoms. The number of fused-ring (bicyclic) bond motifs is 4. The van der Waals surface area contributed by atoms with Gasteiger partial charge in [0.2, 0.25) is 5.91 Å². The first-order chi connectivity index (χ1) is 16.6. The van der Waals surface area contributed by atoms with Gasteiger partial charge in [-0.3, -0.25) is 9.89 Å². The fraction of sp³-hybridized carbons (Fsp3) is 0.417. The molecule has 2 N–H and O–H groups in total. The van der Waals surface area contributed by atoms with E-state index in [-0.39, 0.29) is 17.9 Å². The lowest BCUT2D eigenvalue weighted by Crippen LogP contribution is -2.50. The Labute approximate surface area is 200 Å². The maximum atomic E-state index is 13.3. The lowest BCUT2D eigenvalue weighted by Gasteiger charge is -2.36. The number of hydrogen-bond acceptors (Lipinski definition) is 8. The van der Waals surface area contributed by atoms with Crippen molar-refractivity contribution in [2.24, 2.45) is 5.92 Å². The van der Waals surface area contributed by atoms with E-state index in [1.807, 2.05) is 17.0 Å². The number of nitrogens with zero attached hydrogens (tertiary/aromatic N) is 4. The minimum Gasteiger partial charge on any atom is -0.494 e. The second-order valence-electron chi connectivity index (χ2n) is 8.94. The van der Waals surface area contributed by atoms with Gasteiger partial charge in [0.05, 0.1) is 49.2 Å². The molecule has 0 unspecified atom stereocenters. The number of nitrogens with one attached hydrogen (secondary N) is 2. The smallest absolute Gasteiger partial charge is 0.226 e. The van der Waals surface area contributed by atoms with Crippen molar-refractivity contribution in [2.75, 3.05) is 32.2 Å². The molecule has 1 aliphatic heterocycles. The van der Waals surface area contributed by atoms with Gasteiger partial charge in [-0.2, -0.15) is 5.10 Å². The van der Waals surface area contributed by atoms with Crippen LogP contribution in [-0.2, 0) is 22.4 Å². The summed E-state index contributed by atoms with van der Waals surface area (Å²) in [6.07, 6.45) is 5.80. The van der Waals surface area contributed by atoms with Gasteiger partial charge in [-0.25, -0.2) is 9.97 Å². The number of morpholine rings is 1. The molecule has 1 saturated heterocycles. The predicted molar refractivity (Wildman–Crippen MR) is 131 cm³/mol. The van der Waals surface area contributed by atoms with E-state index < -0.39 is 0 Å². The number of aromatic nitrogens is 4. The molecule has 4 heterocycles. The number of thiophene rings is 1. The van der Waals surface area contributed by atoms with Crippen molar-refractivity contribution in [3.63, 3.8) is 0 Å². The Morgan fingerprint density at radius 2 is 2.26 bits per heavy atom. The standard InChI is InChI=1S/C24H26N6O3S/c1-13-11-33-6-5-30(13)24(31)14-3-4-16-20(8-14)34-23-21(16)22(25-12-26-23)28-18-7-15-10-27-29-17(15)9-19(18)32-2/h7,9-10,12-14H,3-6,8,11H2,1-2H3,(H,27,29)(H,25,26,28)/t13-,14+/m1/s1. The summed E-state index contributed by atoms with van der Waals surface area (Å²) in [5.41, 5.74) is 2.99. The van der Waals surface area contributed by atoms with E-state index in [1.54, 1.807) is 31.0 Å². The molecular weight excluding hydrogens is 452 g/mol. The van der Waals surface area contributed by atoms with Gasteiger partial charge in [-0.15, -0.1) is 11.3 Å². The van der Waals surface area contributed by atoms with E-state index >= 15 is 0 Å². The molecule has 2 atom stereocenters. The minimum absolute atomic E-state index is 0.00840. The van der Waals surface area contributed by atoms with E-state index in [0.717, 1.165) is 51.9 Å². The third kappa shape index (κ3) is 3.57. The van der Waals surface area contributed by atoms with E-state index in [0.29, 0.717) is 25.5 Å². The molecule has 4 aromatic rings. The highest BCUT2D eigenvalue weighted by Gasteiger charge is 2.34. The molecule has 1 amide bonds. The molecule has 1 aliphatic carbocycles. The van der Waals surface area contributed by atoms with Crippen molar-refractivity contribution < 1.29 is 14.3 Å². The molecule has 10 heteroatoms. The first kappa shape index (κ1) is 21.3. The highest BCUT2D eigenvalue weighted by Crippen LogP contribution is 2.42. The fourth-order valence-electron chi connectivity index (χ4n) is 5.07. The van der Waals surface area contributed by atoms with Gasteiger partial charge >= 0.3 is 0 Å². The van der Waals surface area contributed by atoms with Crippen LogP contribution in [0.1, 0.15) is 23.8 Å². The molecule has 0 bridgehead atoms. The van der Waals surface area contributed by atoms with E-state index in [9.17, 15) is 4.79 Å². The fourth-order valence-corrected chi connectivity index (χ4v) is 6.34. The molecule has 3 aromatic heterocycles. The van der Waals surface area contributed by atoms with Crippen LogP contribution in [0.15, 0.2) is 24.7 Å². The number of benzene rings is 1. The number of H-pyrrole nitrogens is 1. The first-order valence-corrected chi connectivity index (χ1v) is 12.4. The Kier molecular flexibility index (Phi) is 5.34. The average molecular weight is 479 g/mol. The number of carbonyl (C=O) groups excluding carboxylic acids is 1. The number of aromatic amines is 1. The van der Waals surface area contributed by atoms with Crippen molar-refractivity contribution in [1.29, 1.82) is 0 Å². The van der Waals surface area contributed by atoms with Crippen LogP contribution in [0.2, 0.25) is 0 Å². The molecule has 0 radical (unpaired) electrons. The van der Waals surface area contributed by atoms with Crippen LogP contribution < -0.4 is 10.1 Å². The minimum atomic E-state index is 0.00840. The van der Waals surface area contributed by atoms with Crippen molar-refractivity contribution in [3.05, 3.63) is 35.1 Å². The van der Waals surface area contributed by atoms with Gasteiger partial charge in [-0.1, -0.05) is 0 Å². The Morgan fingerprint density at radius 3 is 3.12 bits per heavy atom. The monoisotopic (exact) mass is 478 g/mol. The zero-order chi connectivity index (χ0) is 23.2. The van der Waals surface area contributed by atoms with Gasteiger partial charge in [0.25, 0.3) is 0 Å².